The first-order valence-electron chi connectivity index (χ1n) is 7.81. The minimum Gasteiger partial charge on any atom is -0.378 e. The Labute approximate surface area is 149 Å². The first-order valence-corrected chi connectivity index (χ1v) is 8.68. The van der Waals surface area contributed by atoms with Crippen molar-refractivity contribution >= 4 is 23.2 Å². The van der Waals surface area contributed by atoms with Gasteiger partial charge in [-0.15, -0.1) is 23.2 Å². The van der Waals surface area contributed by atoms with Crippen molar-refractivity contribution in [1.82, 2.24) is 4.90 Å². The molecule has 0 bridgehead atoms. The van der Waals surface area contributed by atoms with E-state index in [0.717, 1.165) is 24.2 Å². The van der Waals surface area contributed by atoms with Crippen molar-refractivity contribution in [1.29, 1.82) is 0 Å². The molecule has 2 unspecified atom stereocenters. The lowest BCUT2D eigenvalue weighted by molar-refractivity contribution is 0.111. The number of nitrogens with zero attached hydrogens (tertiary/aromatic N) is 1. The number of rotatable bonds is 9. The van der Waals surface area contributed by atoms with Crippen LogP contribution in [-0.2, 0) is 4.74 Å². The third kappa shape index (κ3) is 6.52. The molecule has 124 valence electrons. The average molecular weight is 352 g/mol. The second kappa shape index (κ2) is 9.94. The van der Waals surface area contributed by atoms with Gasteiger partial charge in [0.2, 0.25) is 0 Å². The second-order valence-corrected chi connectivity index (χ2v) is 6.65. The van der Waals surface area contributed by atoms with Gasteiger partial charge in [-0.25, -0.2) is 0 Å². The van der Waals surface area contributed by atoms with Gasteiger partial charge in [-0.05, 0) is 18.2 Å². The van der Waals surface area contributed by atoms with Gasteiger partial charge in [0.05, 0.1) is 24.0 Å². The molecule has 0 spiro atoms. The molecule has 0 aromatic heterocycles. The summed E-state index contributed by atoms with van der Waals surface area (Å²) < 4.78 is 5.69. The topological polar surface area (TPSA) is 12.5 Å². The Balaban J connectivity index is 1.64. The number of ether oxygens (including phenoxy) is 1. The van der Waals surface area contributed by atoms with E-state index in [-0.39, 0.29) is 10.8 Å². The third-order valence-corrected chi connectivity index (χ3v) is 4.44. The molecule has 0 aliphatic carbocycles. The summed E-state index contributed by atoms with van der Waals surface area (Å²) in [7, 11) is 2.05. The predicted octanol–water partition coefficient (Wildman–Crippen LogP) is 4.90. The van der Waals surface area contributed by atoms with Crippen molar-refractivity contribution < 1.29 is 4.74 Å². The molecule has 2 aromatic carbocycles. The Kier molecular flexibility index (Phi) is 7.90. The maximum Gasteiger partial charge on any atom is 0.0819 e. The zero-order valence-electron chi connectivity index (χ0n) is 13.4. The van der Waals surface area contributed by atoms with E-state index in [0.29, 0.717) is 13.2 Å². The van der Waals surface area contributed by atoms with E-state index in [1.54, 1.807) is 0 Å². The van der Waals surface area contributed by atoms with Crippen LogP contribution in [0.3, 0.4) is 0 Å². The summed E-state index contributed by atoms with van der Waals surface area (Å²) in [6, 6.07) is 20.1. The van der Waals surface area contributed by atoms with E-state index in [1.807, 2.05) is 48.5 Å². The average Bonchev–Trinajstić information content (AvgIpc) is 2.60. The van der Waals surface area contributed by atoms with Crippen LogP contribution in [0, 0.1) is 0 Å². The van der Waals surface area contributed by atoms with E-state index in [1.165, 1.54) is 0 Å². The summed E-state index contributed by atoms with van der Waals surface area (Å²) in [5.41, 5.74) is 2.24. The first kappa shape index (κ1) is 18.3. The molecule has 0 aliphatic heterocycles. The number of hydrogen-bond acceptors (Lipinski definition) is 2. The van der Waals surface area contributed by atoms with Gasteiger partial charge in [0.15, 0.2) is 0 Å². The Hall–Kier alpha value is -1.06. The molecule has 2 rings (SSSR count). The van der Waals surface area contributed by atoms with Gasteiger partial charge >= 0.3 is 0 Å². The van der Waals surface area contributed by atoms with Gasteiger partial charge < -0.3 is 9.64 Å². The zero-order chi connectivity index (χ0) is 16.5. The lowest BCUT2D eigenvalue weighted by Crippen LogP contribution is -2.27. The second-order valence-electron chi connectivity index (χ2n) is 5.59. The summed E-state index contributed by atoms with van der Waals surface area (Å²) in [5.74, 6) is 0. The van der Waals surface area contributed by atoms with Crippen molar-refractivity contribution in [3.63, 3.8) is 0 Å². The minimum atomic E-state index is -0.105. The molecule has 4 heteroatoms. The number of benzene rings is 2. The highest BCUT2D eigenvalue weighted by atomic mass is 35.5. The van der Waals surface area contributed by atoms with Gasteiger partial charge in [0.1, 0.15) is 0 Å². The van der Waals surface area contributed by atoms with Crippen molar-refractivity contribution in [2.24, 2.45) is 0 Å². The van der Waals surface area contributed by atoms with Crippen LogP contribution >= 0.6 is 23.2 Å². The van der Waals surface area contributed by atoms with E-state index < -0.39 is 0 Å². The smallest absolute Gasteiger partial charge is 0.0819 e. The maximum absolute atomic E-state index is 6.44. The maximum atomic E-state index is 6.44. The molecule has 2 nitrogen and oxygen atoms in total. The van der Waals surface area contributed by atoms with Crippen molar-refractivity contribution in [3.8, 4) is 0 Å². The molecular weight excluding hydrogens is 329 g/mol. The fourth-order valence-electron chi connectivity index (χ4n) is 2.30. The fraction of sp³-hybridized carbons (Fsp3) is 0.368. The molecule has 0 amide bonds. The van der Waals surface area contributed by atoms with E-state index >= 15 is 0 Å². The van der Waals surface area contributed by atoms with Gasteiger partial charge in [-0.2, -0.15) is 0 Å². The van der Waals surface area contributed by atoms with Crippen molar-refractivity contribution in [2.75, 3.05) is 33.4 Å². The van der Waals surface area contributed by atoms with Crippen molar-refractivity contribution in [2.45, 2.75) is 10.8 Å². The Bertz CT molecular complexity index is 550. The van der Waals surface area contributed by atoms with E-state index in [2.05, 4.69) is 24.1 Å². The number of halogens is 2. The number of likely N-dealkylation sites (N-methyl/N-ethyl adjacent to an activating group) is 1. The third-order valence-electron chi connectivity index (χ3n) is 3.68. The van der Waals surface area contributed by atoms with E-state index in [4.69, 9.17) is 27.9 Å². The highest BCUT2D eigenvalue weighted by Crippen LogP contribution is 2.21. The molecule has 0 N–H and O–H groups in total. The molecule has 0 saturated heterocycles. The van der Waals surface area contributed by atoms with Crippen LogP contribution in [0.4, 0.5) is 0 Å². The molecule has 0 heterocycles. The monoisotopic (exact) mass is 351 g/mol. The molecule has 23 heavy (non-hydrogen) atoms. The molecule has 0 radical (unpaired) electrons. The first-order chi connectivity index (χ1) is 11.2. The van der Waals surface area contributed by atoms with Gasteiger partial charge in [0, 0.05) is 13.1 Å². The molecule has 0 aliphatic rings. The summed E-state index contributed by atoms with van der Waals surface area (Å²) in [4.78, 5) is 2.18. The van der Waals surface area contributed by atoms with Crippen LogP contribution < -0.4 is 0 Å². The summed E-state index contributed by atoms with van der Waals surface area (Å²) in [5, 5.41) is -0.113. The van der Waals surface area contributed by atoms with Crippen LogP contribution in [0.1, 0.15) is 21.9 Å². The van der Waals surface area contributed by atoms with Crippen LogP contribution in [0.5, 0.6) is 0 Å². The van der Waals surface area contributed by atoms with Gasteiger partial charge in [-0.3, -0.25) is 0 Å². The fourth-order valence-corrected chi connectivity index (χ4v) is 2.91. The Morgan fingerprint density at radius 3 is 1.96 bits per heavy atom. The highest BCUT2D eigenvalue weighted by Gasteiger charge is 2.11. The molecule has 2 atom stereocenters. The zero-order valence-corrected chi connectivity index (χ0v) is 14.9. The Morgan fingerprint density at radius 2 is 1.39 bits per heavy atom. The lowest BCUT2D eigenvalue weighted by Gasteiger charge is -2.20. The van der Waals surface area contributed by atoms with Crippen LogP contribution in [-0.4, -0.2) is 38.3 Å². The van der Waals surface area contributed by atoms with Crippen LogP contribution in [0.15, 0.2) is 60.7 Å². The van der Waals surface area contributed by atoms with Gasteiger partial charge in [-0.1, -0.05) is 60.7 Å². The SMILES string of the molecule is CN(CCOCC(Cl)c1ccccc1)CC(Cl)c1ccccc1. The minimum absolute atomic E-state index is 0.00806. The molecular formula is C19H23Cl2NO. The largest absolute Gasteiger partial charge is 0.378 e. The number of hydrogen-bond donors (Lipinski definition) is 0. The summed E-state index contributed by atoms with van der Waals surface area (Å²) in [6.45, 7) is 2.78. The van der Waals surface area contributed by atoms with Crippen LogP contribution in [0.2, 0.25) is 0 Å². The van der Waals surface area contributed by atoms with Crippen molar-refractivity contribution in [3.05, 3.63) is 71.8 Å². The lowest BCUT2D eigenvalue weighted by atomic mass is 10.1. The van der Waals surface area contributed by atoms with E-state index in [9.17, 15) is 0 Å². The van der Waals surface area contributed by atoms with Crippen LogP contribution in [0.25, 0.3) is 0 Å². The molecule has 0 saturated carbocycles. The summed E-state index contributed by atoms with van der Waals surface area (Å²) in [6.07, 6.45) is 0. The number of alkyl halides is 2. The normalized spacial score (nSPS) is 13.9. The highest BCUT2D eigenvalue weighted by molar-refractivity contribution is 6.21. The van der Waals surface area contributed by atoms with Gasteiger partial charge in [0.25, 0.3) is 0 Å². The molecule has 0 fully saturated rings. The predicted molar refractivity (Wildman–Crippen MR) is 98.4 cm³/mol. The summed E-state index contributed by atoms with van der Waals surface area (Å²) >= 11 is 12.8. The molecule has 2 aromatic rings. The standard InChI is InChI=1S/C19H23Cl2NO/c1-22(14-18(20)16-8-4-2-5-9-16)12-13-23-15-19(21)17-10-6-3-7-11-17/h2-11,18-19H,12-15H2,1H3. The Morgan fingerprint density at radius 1 is 0.870 bits per heavy atom. The quantitative estimate of drug-likeness (QED) is 0.470.